The van der Waals surface area contributed by atoms with E-state index in [9.17, 15) is 13.2 Å². The van der Waals surface area contributed by atoms with Crippen LogP contribution in [0, 0.1) is 17.8 Å². The molecule has 0 spiro atoms. The number of carbonyl (C=O) groups is 1. The number of fused-ring (bicyclic) bond motifs is 3. The van der Waals surface area contributed by atoms with E-state index in [0.717, 1.165) is 23.8 Å². The number of hydrogen-bond donors (Lipinski definition) is 1. The third kappa shape index (κ3) is 3.61. The number of thiophene rings is 1. The van der Waals surface area contributed by atoms with Crippen LogP contribution in [-0.4, -0.2) is 31.2 Å². The van der Waals surface area contributed by atoms with Crippen LogP contribution in [0.2, 0.25) is 0 Å². The summed E-state index contributed by atoms with van der Waals surface area (Å²) in [5.41, 5.74) is 1.50. The zero-order valence-electron chi connectivity index (χ0n) is 17.2. The van der Waals surface area contributed by atoms with Gasteiger partial charge in [0.25, 0.3) is 5.91 Å². The Hall–Kier alpha value is -1.70. The molecule has 2 fully saturated rings. The van der Waals surface area contributed by atoms with Crippen molar-refractivity contribution in [2.24, 2.45) is 17.8 Å². The summed E-state index contributed by atoms with van der Waals surface area (Å²) in [6.07, 6.45) is 5.88. The van der Waals surface area contributed by atoms with Crippen molar-refractivity contribution >= 4 is 27.3 Å². The first kappa shape index (κ1) is 20.2. The molecule has 1 amide bonds. The van der Waals surface area contributed by atoms with Crippen molar-refractivity contribution in [3.8, 4) is 0 Å². The lowest BCUT2D eigenvalue weighted by Crippen LogP contribution is -2.40. The fourth-order valence-corrected chi connectivity index (χ4v) is 8.03. The number of carbonyl (C=O) groups excluding carboxylic acids is 1. The van der Waals surface area contributed by atoms with Crippen LogP contribution in [0.1, 0.15) is 53.4 Å². The van der Waals surface area contributed by atoms with Gasteiger partial charge >= 0.3 is 0 Å². The average Bonchev–Trinajstić information content (AvgIpc) is 3.50. The summed E-state index contributed by atoms with van der Waals surface area (Å²) in [4.78, 5) is 14.3. The smallest absolute Gasteiger partial charge is 0.251 e. The van der Waals surface area contributed by atoms with Crippen LogP contribution in [0.25, 0.3) is 0 Å². The van der Waals surface area contributed by atoms with Crippen LogP contribution in [-0.2, 0) is 23.0 Å². The topological polar surface area (TPSA) is 66.5 Å². The number of nitrogens with zero attached hydrogens (tertiary/aromatic N) is 1. The quantitative estimate of drug-likeness (QED) is 0.757. The van der Waals surface area contributed by atoms with Crippen molar-refractivity contribution in [2.75, 3.05) is 6.54 Å². The summed E-state index contributed by atoms with van der Waals surface area (Å²) in [6, 6.07) is 8.62. The monoisotopic (exact) mass is 444 g/mol. The van der Waals surface area contributed by atoms with E-state index < -0.39 is 10.0 Å². The van der Waals surface area contributed by atoms with Crippen LogP contribution >= 0.6 is 11.3 Å². The van der Waals surface area contributed by atoms with E-state index in [1.165, 1.54) is 40.9 Å². The number of nitrogens with one attached hydrogen (secondary N) is 1. The van der Waals surface area contributed by atoms with Gasteiger partial charge in [-0.3, -0.25) is 4.79 Å². The Bertz CT molecular complexity index is 1060. The molecule has 4 unspecified atom stereocenters. The van der Waals surface area contributed by atoms with Gasteiger partial charge in [-0.15, -0.1) is 11.3 Å². The second kappa shape index (κ2) is 7.77. The molecule has 2 saturated carbocycles. The van der Waals surface area contributed by atoms with E-state index in [-0.39, 0.29) is 16.8 Å². The Morgan fingerprint density at radius 1 is 1.23 bits per heavy atom. The maximum Gasteiger partial charge on any atom is 0.251 e. The fraction of sp³-hybridized carbons (Fsp3) is 0.522. The number of sulfonamides is 1. The Morgan fingerprint density at radius 2 is 2.10 bits per heavy atom. The third-order valence-electron chi connectivity index (χ3n) is 7.30. The minimum absolute atomic E-state index is 0.118. The van der Waals surface area contributed by atoms with Gasteiger partial charge in [0.2, 0.25) is 10.0 Å². The van der Waals surface area contributed by atoms with Gasteiger partial charge in [-0.1, -0.05) is 12.5 Å². The molecule has 5 rings (SSSR count). The second-order valence-corrected chi connectivity index (χ2v) is 12.0. The van der Waals surface area contributed by atoms with Crippen molar-refractivity contribution in [3.63, 3.8) is 0 Å². The molecule has 1 N–H and O–H groups in total. The molecule has 160 valence electrons. The zero-order valence-corrected chi connectivity index (χ0v) is 18.8. The van der Waals surface area contributed by atoms with E-state index in [2.05, 4.69) is 12.2 Å². The maximum absolute atomic E-state index is 13.2. The molecule has 2 bridgehead atoms. The van der Waals surface area contributed by atoms with Crippen molar-refractivity contribution in [2.45, 2.75) is 56.5 Å². The van der Waals surface area contributed by atoms with Gasteiger partial charge in [0.15, 0.2) is 0 Å². The lowest BCUT2D eigenvalue weighted by atomic mass is 9.84. The van der Waals surface area contributed by atoms with Crippen molar-refractivity contribution in [3.05, 3.63) is 51.7 Å². The molecule has 0 saturated heterocycles. The second-order valence-electron chi connectivity index (χ2n) is 9.09. The van der Waals surface area contributed by atoms with Crippen LogP contribution in [0.3, 0.4) is 0 Å². The number of hydrogen-bond acceptors (Lipinski definition) is 4. The minimum atomic E-state index is -3.63. The lowest BCUT2D eigenvalue weighted by molar-refractivity contribution is 0.0915. The van der Waals surface area contributed by atoms with E-state index in [4.69, 9.17) is 0 Å². The molecular weight excluding hydrogens is 416 g/mol. The molecule has 1 aromatic heterocycles. The van der Waals surface area contributed by atoms with Crippen LogP contribution < -0.4 is 5.32 Å². The summed E-state index contributed by atoms with van der Waals surface area (Å²) >= 11 is 1.69. The first-order chi connectivity index (χ1) is 14.4. The highest BCUT2D eigenvalue weighted by atomic mass is 32.2. The number of amides is 1. The van der Waals surface area contributed by atoms with Crippen LogP contribution in [0.15, 0.2) is 40.6 Å². The van der Waals surface area contributed by atoms with Crippen molar-refractivity contribution in [1.82, 2.24) is 9.62 Å². The maximum atomic E-state index is 13.2. The molecule has 5 nitrogen and oxygen atoms in total. The Morgan fingerprint density at radius 3 is 2.87 bits per heavy atom. The molecule has 0 radical (unpaired) electrons. The SMILES string of the molecule is CC(NC(=O)c1cccc(S(=O)(=O)N2CCc3sccc3C2)c1)C1CC2CCC1C2. The minimum Gasteiger partial charge on any atom is -0.349 e. The predicted octanol–water partition coefficient (Wildman–Crippen LogP) is 4.05. The Balaban J connectivity index is 1.30. The van der Waals surface area contributed by atoms with Gasteiger partial charge < -0.3 is 5.32 Å². The van der Waals surface area contributed by atoms with Crippen LogP contribution in [0.5, 0.6) is 0 Å². The molecule has 2 aliphatic carbocycles. The zero-order chi connectivity index (χ0) is 20.9. The Labute approximate surface area is 182 Å². The summed E-state index contributed by atoms with van der Waals surface area (Å²) in [5, 5.41) is 5.16. The molecule has 7 heteroatoms. The van der Waals surface area contributed by atoms with Crippen LogP contribution in [0.4, 0.5) is 0 Å². The Kier molecular flexibility index (Phi) is 5.24. The van der Waals surface area contributed by atoms with Gasteiger partial charge in [-0.25, -0.2) is 8.42 Å². The van der Waals surface area contributed by atoms with E-state index in [1.807, 2.05) is 11.4 Å². The molecule has 1 aliphatic heterocycles. The van der Waals surface area contributed by atoms with E-state index >= 15 is 0 Å². The van der Waals surface area contributed by atoms with Crippen molar-refractivity contribution in [1.29, 1.82) is 0 Å². The lowest BCUT2D eigenvalue weighted by Gasteiger charge is -2.28. The average molecular weight is 445 g/mol. The van der Waals surface area contributed by atoms with Gasteiger partial charge in [0.1, 0.15) is 0 Å². The standard InChI is InChI=1S/C23H28N2O3S2/c1-15(21-12-16-5-6-17(21)11-16)24-23(26)18-3-2-4-20(13-18)30(27,28)25-9-7-22-19(14-25)8-10-29-22/h2-4,8,10,13,15-17,21H,5-7,9,11-12,14H2,1H3,(H,24,26). The first-order valence-corrected chi connectivity index (χ1v) is 13.2. The number of rotatable bonds is 5. The van der Waals surface area contributed by atoms with Gasteiger partial charge in [0, 0.05) is 29.6 Å². The highest BCUT2D eigenvalue weighted by molar-refractivity contribution is 7.89. The van der Waals surface area contributed by atoms with Gasteiger partial charge in [0.05, 0.1) is 4.90 Å². The normalized spacial score (nSPS) is 27.0. The van der Waals surface area contributed by atoms with E-state index in [0.29, 0.717) is 24.6 Å². The van der Waals surface area contributed by atoms with Crippen molar-refractivity contribution < 1.29 is 13.2 Å². The van der Waals surface area contributed by atoms with Gasteiger partial charge in [-0.05, 0) is 85.6 Å². The molecular formula is C23H28N2O3S2. The van der Waals surface area contributed by atoms with E-state index in [1.54, 1.807) is 29.5 Å². The summed E-state index contributed by atoms with van der Waals surface area (Å²) in [5.74, 6) is 1.94. The third-order valence-corrected chi connectivity index (χ3v) is 10.2. The molecule has 3 aliphatic rings. The molecule has 1 aromatic carbocycles. The molecule has 30 heavy (non-hydrogen) atoms. The number of benzene rings is 1. The highest BCUT2D eigenvalue weighted by Gasteiger charge is 2.42. The van der Waals surface area contributed by atoms with Gasteiger partial charge in [-0.2, -0.15) is 4.31 Å². The molecule has 4 atom stereocenters. The summed E-state index contributed by atoms with van der Waals surface area (Å²) < 4.78 is 27.9. The summed E-state index contributed by atoms with van der Waals surface area (Å²) in [7, 11) is -3.63. The fourth-order valence-electron chi connectivity index (χ4n) is 5.68. The highest BCUT2D eigenvalue weighted by Crippen LogP contribution is 2.49. The first-order valence-electron chi connectivity index (χ1n) is 10.9. The summed E-state index contributed by atoms with van der Waals surface area (Å²) in [6.45, 7) is 2.97. The molecule has 2 heterocycles. The predicted molar refractivity (Wildman–Crippen MR) is 118 cm³/mol. The molecule has 2 aromatic rings. The largest absolute Gasteiger partial charge is 0.349 e.